The maximum absolute atomic E-state index is 11.5. The van der Waals surface area contributed by atoms with Crippen LogP contribution in [-0.2, 0) is 14.3 Å². The average molecular weight is 207 g/mol. The van der Waals surface area contributed by atoms with Gasteiger partial charge in [-0.1, -0.05) is 6.08 Å². The van der Waals surface area contributed by atoms with Gasteiger partial charge in [0.05, 0.1) is 13.7 Å². The highest BCUT2D eigenvalue weighted by Crippen LogP contribution is 2.11. The Labute approximate surface area is 88.3 Å². The van der Waals surface area contributed by atoms with Gasteiger partial charge in [0.15, 0.2) is 5.78 Å². The standard InChI is InChI=1S/C11H13NO3/c1-15-10-4-2-3-9(5-6-10)11(14)7-12-8-13/h3-6,8H,2,7H2,1H3,(H,12,13). The minimum atomic E-state index is -0.107. The van der Waals surface area contributed by atoms with E-state index in [0.717, 1.165) is 5.76 Å². The van der Waals surface area contributed by atoms with Crippen molar-refractivity contribution in [2.75, 3.05) is 13.7 Å². The summed E-state index contributed by atoms with van der Waals surface area (Å²) in [5, 5.41) is 2.34. The van der Waals surface area contributed by atoms with E-state index in [0.29, 0.717) is 18.4 Å². The van der Waals surface area contributed by atoms with E-state index in [-0.39, 0.29) is 12.3 Å². The Bertz CT molecular complexity index is 340. The average Bonchev–Trinajstić information content (AvgIpc) is 2.50. The van der Waals surface area contributed by atoms with Crippen LogP contribution in [0.4, 0.5) is 0 Å². The summed E-state index contributed by atoms with van der Waals surface area (Å²) in [5.74, 6) is 0.626. The van der Waals surface area contributed by atoms with E-state index < -0.39 is 0 Å². The first kappa shape index (κ1) is 11.2. The number of nitrogens with one attached hydrogen (secondary N) is 1. The van der Waals surface area contributed by atoms with Crippen molar-refractivity contribution in [1.82, 2.24) is 5.32 Å². The van der Waals surface area contributed by atoms with Crippen molar-refractivity contribution < 1.29 is 14.3 Å². The fraction of sp³-hybridized carbons (Fsp3) is 0.273. The number of hydrogen-bond donors (Lipinski definition) is 1. The summed E-state index contributed by atoms with van der Waals surface area (Å²) in [6, 6.07) is 0. The van der Waals surface area contributed by atoms with Crippen molar-refractivity contribution in [2.45, 2.75) is 6.42 Å². The third-order valence-corrected chi connectivity index (χ3v) is 1.99. The third kappa shape index (κ3) is 3.42. The molecule has 15 heavy (non-hydrogen) atoms. The van der Waals surface area contributed by atoms with Crippen molar-refractivity contribution in [2.24, 2.45) is 0 Å². The molecule has 0 radical (unpaired) electrons. The van der Waals surface area contributed by atoms with Gasteiger partial charge in [-0.3, -0.25) is 9.59 Å². The van der Waals surface area contributed by atoms with Crippen LogP contribution in [0.25, 0.3) is 0 Å². The number of hydrogen-bond acceptors (Lipinski definition) is 3. The molecule has 0 unspecified atom stereocenters. The summed E-state index contributed by atoms with van der Waals surface area (Å²) >= 11 is 0. The van der Waals surface area contributed by atoms with Crippen LogP contribution in [0.1, 0.15) is 6.42 Å². The van der Waals surface area contributed by atoms with Crippen molar-refractivity contribution in [3.63, 3.8) is 0 Å². The van der Waals surface area contributed by atoms with E-state index in [1.54, 1.807) is 25.3 Å². The van der Waals surface area contributed by atoms with Gasteiger partial charge in [0, 0.05) is 5.57 Å². The number of methoxy groups -OCH3 is 1. The largest absolute Gasteiger partial charge is 0.497 e. The van der Waals surface area contributed by atoms with Crippen LogP contribution in [0, 0.1) is 0 Å². The van der Waals surface area contributed by atoms with Crippen molar-refractivity contribution >= 4 is 12.2 Å². The second-order valence-corrected chi connectivity index (χ2v) is 2.96. The highest BCUT2D eigenvalue weighted by Gasteiger charge is 2.07. The van der Waals surface area contributed by atoms with Crippen LogP contribution in [0.2, 0.25) is 0 Å². The molecule has 1 aliphatic rings. The van der Waals surface area contributed by atoms with Gasteiger partial charge in [-0.05, 0) is 24.6 Å². The van der Waals surface area contributed by atoms with Crippen molar-refractivity contribution in [3.8, 4) is 0 Å². The van der Waals surface area contributed by atoms with Crippen LogP contribution in [-0.4, -0.2) is 25.8 Å². The molecule has 0 fully saturated rings. The Morgan fingerprint density at radius 1 is 1.53 bits per heavy atom. The molecule has 0 saturated carbocycles. The monoisotopic (exact) mass is 207 g/mol. The number of rotatable bonds is 5. The molecule has 4 nitrogen and oxygen atoms in total. The quantitative estimate of drug-likeness (QED) is 0.676. The third-order valence-electron chi connectivity index (χ3n) is 1.99. The van der Waals surface area contributed by atoms with E-state index in [4.69, 9.17) is 4.74 Å². The Balaban J connectivity index is 2.62. The van der Waals surface area contributed by atoms with Crippen LogP contribution in [0.3, 0.4) is 0 Å². The summed E-state index contributed by atoms with van der Waals surface area (Å²) in [6.45, 7) is 0.0298. The SMILES string of the molecule is COC1=CCC=C(C(=O)CNC=O)C=C1. The molecule has 0 bridgehead atoms. The fourth-order valence-electron chi connectivity index (χ4n) is 1.20. The first-order valence-electron chi connectivity index (χ1n) is 4.60. The van der Waals surface area contributed by atoms with Gasteiger partial charge in [-0.15, -0.1) is 0 Å². The molecule has 1 rings (SSSR count). The number of ether oxygens (including phenoxy) is 1. The van der Waals surface area contributed by atoms with Gasteiger partial charge < -0.3 is 10.1 Å². The number of Topliss-reactive ketones (excluding diaryl/α,β-unsaturated/α-hetero) is 1. The molecule has 80 valence electrons. The van der Waals surface area contributed by atoms with E-state index in [1.807, 2.05) is 6.08 Å². The zero-order valence-corrected chi connectivity index (χ0v) is 8.53. The number of carbonyl (C=O) groups is 2. The summed E-state index contributed by atoms with van der Waals surface area (Å²) in [4.78, 5) is 21.5. The van der Waals surface area contributed by atoms with Gasteiger partial charge in [0.2, 0.25) is 6.41 Å². The number of carbonyl (C=O) groups excluding carboxylic acids is 2. The van der Waals surface area contributed by atoms with Crippen molar-refractivity contribution in [3.05, 3.63) is 35.6 Å². The molecule has 0 spiro atoms. The number of ketones is 1. The molecule has 0 aliphatic heterocycles. The molecule has 4 heteroatoms. The first-order valence-corrected chi connectivity index (χ1v) is 4.60. The number of amides is 1. The summed E-state index contributed by atoms with van der Waals surface area (Å²) in [7, 11) is 1.58. The van der Waals surface area contributed by atoms with Crippen LogP contribution in [0.5, 0.6) is 0 Å². The lowest BCUT2D eigenvalue weighted by molar-refractivity contribution is -0.117. The lowest BCUT2D eigenvalue weighted by Gasteiger charge is -1.99. The maximum atomic E-state index is 11.5. The second kappa shape index (κ2) is 5.80. The molecule has 0 atom stereocenters. The first-order chi connectivity index (χ1) is 7.27. The Morgan fingerprint density at radius 2 is 2.33 bits per heavy atom. The molecule has 1 N–H and O–H groups in total. The van der Waals surface area contributed by atoms with Gasteiger partial charge in [-0.25, -0.2) is 0 Å². The highest BCUT2D eigenvalue weighted by atomic mass is 16.5. The zero-order chi connectivity index (χ0) is 11.1. The van der Waals surface area contributed by atoms with Gasteiger partial charge >= 0.3 is 0 Å². The van der Waals surface area contributed by atoms with Crippen LogP contribution in [0.15, 0.2) is 35.6 Å². The lowest BCUT2D eigenvalue weighted by Crippen LogP contribution is -2.22. The molecule has 0 aromatic carbocycles. The van der Waals surface area contributed by atoms with Gasteiger partial charge in [-0.2, -0.15) is 0 Å². The smallest absolute Gasteiger partial charge is 0.207 e. The molecular formula is C11H13NO3. The van der Waals surface area contributed by atoms with E-state index in [1.165, 1.54) is 0 Å². The predicted molar refractivity (Wildman–Crippen MR) is 56.0 cm³/mol. The van der Waals surface area contributed by atoms with Crippen LogP contribution < -0.4 is 5.32 Å². The summed E-state index contributed by atoms with van der Waals surface area (Å²) in [5.41, 5.74) is 0.590. The zero-order valence-electron chi connectivity index (χ0n) is 8.53. The fourth-order valence-corrected chi connectivity index (χ4v) is 1.20. The van der Waals surface area contributed by atoms with Crippen molar-refractivity contribution in [1.29, 1.82) is 0 Å². The van der Waals surface area contributed by atoms with E-state index >= 15 is 0 Å². The summed E-state index contributed by atoms with van der Waals surface area (Å²) < 4.78 is 5.04. The number of allylic oxidation sites excluding steroid dienone is 4. The van der Waals surface area contributed by atoms with Gasteiger partial charge in [0.1, 0.15) is 5.76 Å². The predicted octanol–water partition coefficient (Wildman–Crippen LogP) is 0.718. The lowest BCUT2D eigenvalue weighted by atomic mass is 10.1. The Hall–Kier alpha value is -1.84. The molecule has 0 heterocycles. The molecule has 1 amide bonds. The minimum absolute atomic E-state index is 0.0298. The molecule has 0 saturated heterocycles. The van der Waals surface area contributed by atoms with Gasteiger partial charge in [0.25, 0.3) is 0 Å². The molecule has 1 aliphatic carbocycles. The van der Waals surface area contributed by atoms with E-state index in [2.05, 4.69) is 5.32 Å². The topological polar surface area (TPSA) is 55.4 Å². The normalized spacial score (nSPS) is 14.7. The summed E-state index contributed by atoms with van der Waals surface area (Å²) in [6.07, 6.45) is 8.27. The van der Waals surface area contributed by atoms with E-state index in [9.17, 15) is 9.59 Å². The Kier molecular flexibility index (Phi) is 4.34. The molecular weight excluding hydrogens is 194 g/mol. The molecule has 0 aromatic rings. The minimum Gasteiger partial charge on any atom is -0.497 e. The van der Waals surface area contributed by atoms with Crippen LogP contribution >= 0.6 is 0 Å². The Morgan fingerprint density at radius 3 is 3.00 bits per heavy atom. The second-order valence-electron chi connectivity index (χ2n) is 2.96. The highest BCUT2D eigenvalue weighted by molar-refractivity contribution is 6.00. The maximum Gasteiger partial charge on any atom is 0.207 e. The molecule has 0 aromatic heterocycles.